The standard InChI is InChI=1S/C12H12BrN5S/c1-8(11-14-4-6-19-11)7-15-12-16-10-9(13)3-2-5-18(10)17-12/h2-6,8H,7H2,1H3,(H,15,17). The van der Waals surface area contributed by atoms with E-state index in [4.69, 9.17) is 0 Å². The average Bonchev–Trinajstić information content (AvgIpc) is 3.05. The molecule has 19 heavy (non-hydrogen) atoms. The van der Waals surface area contributed by atoms with E-state index in [0.29, 0.717) is 11.9 Å². The van der Waals surface area contributed by atoms with Crippen LogP contribution < -0.4 is 5.32 Å². The fourth-order valence-electron chi connectivity index (χ4n) is 1.76. The highest BCUT2D eigenvalue weighted by molar-refractivity contribution is 9.10. The number of aromatic nitrogens is 4. The van der Waals surface area contributed by atoms with Crippen molar-refractivity contribution < 1.29 is 0 Å². The highest BCUT2D eigenvalue weighted by Gasteiger charge is 2.10. The minimum absolute atomic E-state index is 0.343. The highest BCUT2D eigenvalue weighted by Crippen LogP contribution is 2.19. The van der Waals surface area contributed by atoms with Gasteiger partial charge in [0.25, 0.3) is 0 Å². The normalized spacial score (nSPS) is 12.7. The summed E-state index contributed by atoms with van der Waals surface area (Å²) in [6, 6.07) is 3.87. The van der Waals surface area contributed by atoms with Crippen molar-refractivity contribution in [2.45, 2.75) is 12.8 Å². The first-order valence-electron chi connectivity index (χ1n) is 5.88. The largest absolute Gasteiger partial charge is 0.352 e. The van der Waals surface area contributed by atoms with Crippen LogP contribution >= 0.6 is 27.3 Å². The molecule has 0 radical (unpaired) electrons. The summed E-state index contributed by atoms with van der Waals surface area (Å²) in [4.78, 5) is 8.75. The summed E-state index contributed by atoms with van der Waals surface area (Å²) in [6.45, 7) is 2.90. The Kier molecular flexibility index (Phi) is 3.48. The lowest BCUT2D eigenvalue weighted by molar-refractivity contribution is 0.786. The number of pyridine rings is 1. The van der Waals surface area contributed by atoms with Gasteiger partial charge in [0.2, 0.25) is 5.95 Å². The molecule has 0 fully saturated rings. The zero-order valence-corrected chi connectivity index (χ0v) is 12.6. The predicted octanol–water partition coefficient (Wildman–Crippen LogP) is 3.16. The second kappa shape index (κ2) is 5.26. The van der Waals surface area contributed by atoms with Gasteiger partial charge in [-0.05, 0) is 28.1 Å². The number of nitrogens with one attached hydrogen (secondary N) is 1. The quantitative estimate of drug-likeness (QED) is 0.794. The third-order valence-electron chi connectivity index (χ3n) is 2.75. The van der Waals surface area contributed by atoms with E-state index in [1.54, 1.807) is 15.9 Å². The van der Waals surface area contributed by atoms with Gasteiger partial charge in [-0.25, -0.2) is 9.50 Å². The first kappa shape index (κ1) is 12.6. The molecule has 3 heterocycles. The number of halogens is 1. The van der Waals surface area contributed by atoms with Crippen LogP contribution in [0.4, 0.5) is 5.95 Å². The SMILES string of the molecule is CC(CNc1nc2c(Br)cccn2n1)c1nccs1. The predicted molar refractivity (Wildman–Crippen MR) is 79.7 cm³/mol. The Bertz CT molecular complexity index is 679. The number of hydrogen-bond acceptors (Lipinski definition) is 5. The fourth-order valence-corrected chi connectivity index (χ4v) is 2.88. The van der Waals surface area contributed by atoms with E-state index >= 15 is 0 Å². The molecule has 3 aromatic heterocycles. The van der Waals surface area contributed by atoms with Crippen LogP contribution in [-0.4, -0.2) is 26.1 Å². The number of anilines is 1. The Balaban J connectivity index is 1.73. The molecule has 3 rings (SSSR count). The Hall–Kier alpha value is -1.47. The van der Waals surface area contributed by atoms with Crippen LogP contribution in [0.3, 0.4) is 0 Å². The number of thiazole rings is 1. The van der Waals surface area contributed by atoms with E-state index in [0.717, 1.165) is 21.7 Å². The van der Waals surface area contributed by atoms with E-state index < -0.39 is 0 Å². The fraction of sp³-hybridized carbons (Fsp3) is 0.250. The van der Waals surface area contributed by atoms with Gasteiger partial charge in [-0.15, -0.1) is 16.4 Å². The molecule has 1 unspecified atom stereocenters. The van der Waals surface area contributed by atoms with Gasteiger partial charge in [0, 0.05) is 30.2 Å². The first-order valence-corrected chi connectivity index (χ1v) is 7.55. The van der Waals surface area contributed by atoms with Crippen molar-refractivity contribution in [2.24, 2.45) is 0 Å². The molecule has 0 aromatic carbocycles. The van der Waals surface area contributed by atoms with Crippen molar-refractivity contribution >= 4 is 38.9 Å². The van der Waals surface area contributed by atoms with Crippen LogP contribution in [-0.2, 0) is 0 Å². The minimum Gasteiger partial charge on any atom is -0.352 e. The molecular weight excluding hydrogens is 326 g/mol. The molecule has 98 valence electrons. The molecule has 0 aliphatic rings. The zero-order valence-electron chi connectivity index (χ0n) is 10.2. The summed E-state index contributed by atoms with van der Waals surface area (Å²) in [5.74, 6) is 0.977. The smallest absolute Gasteiger partial charge is 0.243 e. The molecule has 0 amide bonds. The second-order valence-corrected chi connectivity index (χ2v) is 5.99. The second-order valence-electron chi connectivity index (χ2n) is 4.21. The molecule has 0 saturated heterocycles. The van der Waals surface area contributed by atoms with Crippen molar-refractivity contribution in [1.82, 2.24) is 19.6 Å². The van der Waals surface area contributed by atoms with Gasteiger partial charge >= 0.3 is 0 Å². The third kappa shape index (κ3) is 2.62. The summed E-state index contributed by atoms with van der Waals surface area (Å²) in [6.07, 6.45) is 3.71. The molecule has 7 heteroatoms. The number of fused-ring (bicyclic) bond motifs is 1. The Morgan fingerprint density at radius 3 is 3.16 bits per heavy atom. The summed E-state index contributed by atoms with van der Waals surface area (Å²) >= 11 is 5.13. The van der Waals surface area contributed by atoms with Crippen molar-refractivity contribution in [1.29, 1.82) is 0 Å². The molecule has 0 aliphatic carbocycles. The number of hydrogen-bond donors (Lipinski definition) is 1. The highest BCUT2D eigenvalue weighted by atomic mass is 79.9. The van der Waals surface area contributed by atoms with E-state index in [1.165, 1.54) is 0 Å². The van der Waals surface area contributed by atoms with Crippen LogP contribution in [0.5, 0.6) is 0 Å². The third-order valence-corrected chi connectivity index (χ3v) is 4.38. The van der Waals surface area contributed by atoms with Gasteiger partial charge < -0.3 is 5.32 Å². The lowest BCUT2D eigenvalue weighted by atomic mass is 10.2. The zero-order chi connectivity index (χ0) is 13.2. The molecule has 1 atom stereocenters. The van der Waals surface area contributed by atoms with Crippen molar-refractivity contribution in [3.8, 4) is 0 Å². The lowest BCUT2D eigenvalue weighted by Crippen LogP contribution is -2.10. The molecule has 0 spiro atoms. The van der Waals surface area contributed by atoms with Crippen molar-refractivity contribution in [2.75, 3.05) is 11.9 Å². The monoisotopic (exact) mass is 337 g/mol. The Morgan fingerprint density at radius 2 is 2.42 bits per heavy atom. The molecule has 1 N–H and O–H groups in total. The summed E-state index contributed by atoms with van der Waals surface area (Å²) in [5.41, 5.74) is 0.812. The molecule has 0 bridgehead atoms. The van der Waals surface area contributed by atoms with Crippen LogP contribution in [0, 0.1) is 0 Å². The van der Waals surface area contributed by atoms with Crippen LogP contribution in [0.2, 0.25) is 0 Å². The Labute approximate surface area is 122 Å². The summed E-state index contributed by atoms with van der Waals surface area (Å²) in [5, 5.41) is 10.7. The summed E-state index contributed by atoms with van der Waals surface area (Å²) < 4.78 is 2.68. The van der Waals surface area contributed by atoms with E-state index in [-0.39, 0.29) is 0 Å². The van der Waals surface area contributed by atoms with E-state index in [2.05, 4.69) is 43.2 Å². The molecule has 0 aliphatic heterocycles. The van der Waals surface area contributed by atoms with Crippen LogP contribution in [0.15, 0.2) is 34.4 Å². The maximum absolute atomic E-state index is 4.44. The van der Waals surface area contributed by atoms with Crippen molar-refractivity contribution in [3.05, 3.63) is 39.4 Å². The minimum atomic E-state index is 0.343. The van der Waals surface area contributed by atoms with Crippen molar-refractivity contribution in [3.63, 3.8) is 0 Å². The van der Waals surface area contributed by atoms with Crippen LogP contribution in [0.25, 0.3) is 5.65 Å². The number of nitrogens with zero attached hydrogens (tertiary/aromatic N) is 4. The molecular formula is C12H12BrN5S. The van der Waals surface area contributed by atoms with E-state index in [9.17, 15) is 0 Å². The lowest BCUT2D eigenvalue weighted by Gasteiger charge is -2.07. The maximum Gasteiger partial charge on any atom is 0.243 e. The average molecular weight is 338 g/mol. The topological polar surface area (TPSA) is 55.1 Å². The Morgan fingerprint density at radius 1 is 1.53 bits per heavy atom. The van der Waals surface area contributed by atoms with Gasteiger partial charge in [-0.3, -0.25) is 0 Å². The first-order chi connectivity index (χ1) is 9.24. The van der Waals surface area contributed by atoms with Gasteiger partial charge in [-0.2, -0.15) is 4.98 Å². The molecule has 5 nitrogen and oxygen atoms in total. The van der Waals surface area contributed by atoms with E-state index in [1.807, 2.05) is 29.9 Å². The summed E-state index contributed by atoms with van der Waals surface area (Å²) in [7, 11) is 0. The van der Waals surface area contributed by atoms with Crippen LogP contribution in [0.1, 0.15) is 17.8 Å². The van der Waals surface area contributed by atoms with Gasteiger partial charge in [0.05, 0.1) is 9.48 Å². The number of rotatable bonds is 4. The van der Waals surface area contributed by atoms with Gasteiger partial charge in [0.1, 0.15) is 0 Å². The van der Waals surface area contributed by atoms with Gasteiger partial charge in [-0.1, -0.05) is 6.92 Å². The molecule has 0 saturated carbocycles. The maximum atomic E-state index is 4.44. The molecule has 3 aromatic rings. The van der Waals surface area contributed by atoms with Gasteiger partial charge in [0.15, 0.2) is 5.65 Å².